The van der Waals surface area contributed by atoms with Gasteiger partial charge in [-0.25, -0.2) is 13.1 Å². The number of aliphatic imine (C=N–C) groups is 2. The second-order valence-corrected chi connectivity index (χ2v) is 12.7. The normalized spacial score (nSPS) is 17.7. The summed E-state index contributed by atoms with van der Waals surface area (Å²) in [4.78, 5) is 17.4. The summed E-state index contributed by atoms with van der Waals surface area (Å²) in [7, 11) is 0. The standard InChI is InChI=1S/C44H30N6/c1-28-41(29-20-24-31(25-21-29)49-37-16-8-4-12-33(37)34-13-5-9-17-38(34)49)47-43(45-2)44(46-3)48-42(28)30-22-26-32(27-23-30)50-39-18-10-6-14-35(39)36-15-7-11-19-40(36)50/h4-28,43-44H,1H3. The molecule has 2 atom stereocenters. The molecule has 0 amide bonds. The molecule has 0 saturated carbocycles. The van der Waals surface area contributed by atoms with E-state index in [0.29, 0.717) is 0 Å². The van der Waals surface area contributed by atoms with E-state index in [9.17, 15) is 0 Å². The first-order valence-corrected chi connectivity index (χ1v) is 16.7. The average molecular weight is 643 g/mol. The van der Waals surface area contributed by atoms with E-state index < -0.39 is 12.3 Å². The minimum atomic E-state index is -0.920. The van der Waals surface area contributed by atoms with E-state index in [0.717, 1.165) is 56.0 Å². The zero-order valence-electron chi connectivity index (χ0n) is 27.3. The van der Waals surface area contributed by atoms with Crippen LogP contribution in [0.3, 0.4) is 0 Å². The lowest BCUT2D eigenvalue weighted by Crippen LogP contribution is -2.23. The second-order valence-electron chi connectivity index (χ2n) is 12.7. The Bertz CT molecular complexity index is 2450. The van der Waals surface area contributed by atoms with Crippen LogP contribution in [0.1, 0.15) is 18.1 Å². The number of fused-ring (bicyclic) bond motifs is 6. The molecule has 6 aromatic carbocycles. The van der Waals surface area contributed by atoms with Crippen LogP contribution in [0.5, 0.6) is 0 Å². The highest BCUT2D eigenvalue weighted by Gasteiger charge is 2.38. The van der Waals surface area contributed by atoms with Crippen molar-refractivity contribution < 1.29 is 0 Å². The van der Waals surface area contributed by atoms with Crippen LogP contribution in [0.4, 0.5) is 0 Å². The molecule has 0 bridgehead atoms. The van der Waals surface area contributed by atoms with E-state index in [1.54, 1.807) is 0 Å². The summed E-state index contributed by atoms with van der Waals surface area (Å²) >= 11 is 0. The minimum absolute atomic E-state index is 0.246. The fourth-order valence-corrected chi connectivity index (χ4v) is 7.58. The lowest BCUT2D eigenvalue weighted by molar-refractivity contribution is 0.707. The third-order valence-corrected chi connectivity index (χ3v) is 9.90. The molecule has 0 fully saturated rings. The van der Waals surface area contributed by atoms with Gasteiger partial charge in [-0.05, 0) is 59.7 Å². The molecule has 236 valence electrons. The largest absolute Gasteiger partial charge is 0.411 e. The van der Waals surface area contributed by atoms with Crippen molar-refractivity contribution in [2.75, 3.05) is 0 Å². The summed E-state index contributed by atoms with van der Waals surface area (Å²) in [6.07, 6.45) is -1.84. The molecule has 50 heavy (non-hydrogen) atoms. The maximum atomic E-state index is 7.94. The van der Waals surface area contributed by atoms with Crippen LogP contribution in [-0.2, 0) is 0 Å². The lowest BCUT2D eigenvalue weighted by atomic mass is 9.90. The third-order valence-electron chi connectivity index (χ3n) is 9.90. The molecule has 3 heterocycles. The topological polar surface area (TPSA) is 43.3 Å². The molecule has 1 aliphatic rings. The predicted octanol–water partition coefficient (Wildman–Crippen LogP) is 10.3. The van der Waals surface area contributed by atoms with Crippen molar-refractivity contribution in [2.45, 2.75) is 19.3 Å². The van der Waals surface area contributed by atoms with Gasteiger partial charge in [0.05, 0.1) is 33.5 Å². The molecule has 0 N–H and O–H groups in total. The smallest absolute Gasteiger partial charge is 0.309 e. The summed E-state index contributed by atoms with van der Waals surface area (Å²) in [5.74, 6) is -0.246. The van der Waals surface area contributed by atoms with Crippen LogP contribution in [0.2, 0.25) is 0 Å². The van der Waals surface area contributed by atoms with E-state index in [-0.39, 0.29) is 5.92 Å². The molecule has 0 aliphatic carbocycles. The molecule has 0 saturated heterocycles. The lowest BCUT2D eigenvalue weighted by Gasteiger charge is -2.17. The van der Waals surface area contributed by atoms with E-state index in [1.807, 2.05) is 0 Å². The predicted molar refractivity (Wildman–Crippen MR) is 205 cm³/mol. The van der Waals surface area contributed by atoms with Crippen LogP contribution in [0, 0.1) is 19.1 Å². The fourth-order valence-electron chi connectivity index (χ4n) is 7.58. The van der Waals surface area contributed by atoms with Gasteiger partial charge in [-0.3, -0.25) is 9.69 Å². The summed E-state index contributed by atoms with van der Waals surface area (Å²) in [5.41, 5.74) is 10.0. The van der Waals surface area contributed by atoms with Gasteiger partial charge < -0.3 is 9.13 Å². The minimum Gasteiger partial charge on any atom is -0.309 e. The Morgan fingerprint density at radius 2 is 0.740 bits per heavy atom. The van der Waals surface area contributed by atoms with Gasteiger partial charge >= 0.3 is 12.3 Å². The quantitative estimate of drug-likeness (QED) is 0.172. The Morgan fingerprint density at radius 1 is 0.440 bits per heavy atom. The zero-order chi connectivity index (χ0) is 33.8. The molecule has 6 heteroatoms. The van der Waals surface area contributed by atoms with E-state index in [2.05, 4.69) is 171 Å². The van der Waals surface area contributed by atoms with E-state index in [1.165, 1.54) is 21.5 Å². The molecule has 0 radical (unpaired) electrons. The molecule has 8 aromatic rings. The maximum absolute atomic E-state index is 7.94. The SMILES string of the molecule is [C-]#[N+]C1N=C(c2ccc(-n3c4ccccc4c4ccccc43)cc2)C(C)C(c2ccc(-n3c4ccccc4c4ccccc43)cc2)=NC1[N+]#[C-]. The summed E-state index contributed by atoms with van der Waals surface area (Å²) < 4.78 is 4.57. The van der Waals surface area contributed by atoms with Gasteiger partial charge in [-0.15, -0.1) is 0 Å². The Morgan fingerprint density at radius 3 is 1.04 bits per heavy atom. The van der Waals surface area contributed by atoms with Crippen LogP contribution >= 0.6 is 0 Å². The number of benzene rings is 6. The van der Waals surface area contributed by atoms with Crippen molar-refractivity contribution >= 4 is 55.0 Å². The maximum Gasteiger partial charge on any atom is 0.411 e. The monoisotopic (exact) mass is 642 g/mol. The van der Waals surface area contributed by atoms with Gasteiger partial charge in [0, 0.05) is 38.8 Å². The van der Waals surface area contributed by atoms with E-state index >= 15 is 0 Å². The number of nitrogens with zero attached hydrogens (tertiary/aromatic N) is 6. The van der Waals surface area contributed by atoms with Crippen LogP contribution < -0.4 is 0 Å². The Labute approximate surface area is 289 Å². The molecule has 9 rings (SSSR count). The van der Waals surface area contributed by atoms with Crippen molar-refractivity contribution in [3.8, 4) is 11.4 Å². The summed E-state index contributed by atoms with van der Waals surface area (Å²) in [6, 6.07) is 50.7. The third kappa shape index (κ3) is 4.54. The molecule has 6 nitrogen and oxygen atoms in total. The first-order valence-electron chi connectivity index (χ1n) is 16.7. The number of hydrogen-bond acceptors (Lipinski definition) is 2. The molecule has 2 aromatic heterocycles. The van der Waals surface area contributed by atoms with Gasteiger partial charge in [0.2, 0.25) is 0 Å². The van der Waals surface area contributed by atoms with Gasteiger partial charge in [0.15, 0.2) is 0 Å². The summed E-state index contributed by atoms with van der Waals surface area (Å²) in [5, 5.41) is 4.85. The highest BCUT2D eigenvalue weighted by Crippen LogP contribution is 2.34. The molecule has 2 unspecified atom stereocenters. The second kappa shape index (κ2) is 11.7. The number of aromatic nitrogens is 2. The fraction of sp³-hybridized carbons (Fsp3) is 0.0909. The highest BCUT2D eigenvalue weighted by atomic mass is 15.1. The Balaban J connectivity index is 1.11. The highest BCUT2D eigenvalue weighted by molar-refractivity contribution is 6.20. The number of para-hydroxylation sites is 4. The summed E-state index contributed by atoms with van der Waals surface area (Å²) in [6.45, 7) is 18.0. The Hall–Kier alpha value is -6.76. The van der Waals surface area contributed by atoms with Crippen LogP contribution in [0.25, 0.3) is 64.7 Å². The molecular weight excluding hydrogens is 613 g/mol. The van der Waals surface area contributed by atoms with Crippen LogP contribution in [0.15, 0.2) is 156 Å². The molecular formula is C44H30N6. The van der Waals surface area contributed by atoms with Crippen molar-refractivity contribution in [1.29, 1.82) is 0 Å². The zero-order valence-corrected chi connectivity index (χ0v) is 27.3. The first kappa shape index (κ1) is 29.4. The van der Waals surface area contributed by atoms with Gasteiger partial charge in [0.1, 0.15) is 0 Å². The molecule has 0 spiro atoms. The van der Waals surface area contributed by atoms with Gasteiger partial charge in [0.25, 0.3) is 0 Å². The van der Waals surface area contributed by atoms with Crippen molar-refractivity contribution in [1.82, 2.24) is 9.13 Å². The van der Waals surface area contributed by atoms with Gasteiger partial charge in [-0.2, -0.15) is 9.98 Å². The van der Waals surface area contributed by atoms with Crippen LogP contribution in [-0.4, -0.2) is 32.9 Å². The van der Waals surface area contributed by atoms with Gasteiger partial charge in [-0.1, -0.05) is 104 Å². The number of hydrogen-bond donors (Lipinski definition) is 0. The number of rotatable bonds is 4. The first-order chi connectivity index (χ1) is 24.6. The Kier molecular flexibility index (Phi) is 6.90. The van der Waals surface area contributed by atoms with E-state index in [4.69, 9.17) is 23.1 Å². The molecule has 1 aliphatic heterocycles. The van der Waals surface area contributed by atoms with Crippen molar-refractivity contribution in [2.24, 2.45) is 15.9 Å². The van der Waals surface area contributed by atoms with Crippen molar-refractivity contribution in [3.63, 3.8) is 0 Å². The van der Waals surface area contributed by atoms with Crippen molar-refractivity contribution in [3.05, 3.63) is 180 Å². The average Bonchev–Trinajstić information content (AvgIpc) is 3.64.